The van der Waals surface area contributed by atoms with Gasteiger partial charge in [0.15, 0.2) is 0 Å². The minimum atomic E-state index is 0.294. The van der Waals surface area contributed by atoms with Crippen LogP contribution in [-0.2, 0) is 0 Å². The van der Waals surface area contributed by atoms with E-state index in [1.165, 1.54) is 218 Å². The fraction of sp³-hybridized carbons (Fsp3) is 0.907. The summed E-state index contributed by atoms with van der Waals surface area (Å²) in [5.74, 6) is 2.92. The molecule has 0 aromatic carbocycles. The predicted octanol–water partition coefficient (Wildman–Crippen LogP) is 14.8. The molecule has 1 atom stereocenters. The fourth-order valence-electron chi connectivity index (χ4n) is 6.48. The molecule has 1 N–H and O–H groups in total. The molecule has 0 saturated heterocycles. The second-order valence-corrected chi connectivity index (χ2v) is 14.1. The topological polar surface area (TPSA) is 12.0 Å². The molecule has 1 nitrogen and oxygen atoms in total. The van der Waals surface area contributed by atoms with E-state index in [-0.39, 0.29) is 0 Å². The predicted molar refractivity (Wildman–Crippen MR) is 203 cm³/mol. The third kappa shape index (κ3) is 37.4. The Balaban J connectivity index is 3.16. The Kier molecular flexibility index (Phi) is 39.6. The Bertz CT molecular complexity index is 572. The van der Waals surface area contributed by atoms with E-state index in [9.17, 15) is 0 Å². The van der Waals surface area contributed by atoms with Gasteiger partial charge in [0.05, 0.1) is 6.04 Å². The third-order valence-electron chi connectivity index (χ3n) is 9.63. The number of rotatable bonds is 38. The van der Waals surface area contributed by atoms with Gasteiger partial charge in [-0.15, -0.1) is 6.42 Å². The molecule has 0 aromatic heterocycles. The highest BCUT2D eigenvalue weighted by molar-refractivity contribution is 4.98. The van der Waals surface area contributed by atoms with Gasteiger partial charge in [-0.2, -0.15) is 0 Å². The van der Waals surface area contributed by atoms with E-state index in [4.69, 9.17) is 6.42 Å². The summed E-state index contributed by atoms with van der Waals surface area (Å²) < 4.78 is 0. The van der Waals surface area contributed by atoms with E-state index in [0.717, 1.165) is 13.0 Å². The monoisotopic (exact) mass is 614 g/mol. The van der Waals surface area contributed by atoms with Crippen molar-refractivity contribution in [2.75, 3.05) is 6.54 Å². The summed E-state index contributed by atoms with van der Waals surface area (Å²) in [4.78, 5) is 0. The van der Waals surface area contributed by atoms with Gasteiger partial charge in [-0.25, -0.2) is 0 Å². The molecule has 0 fully saturated rings. The van der Waals surface area contributed by atoms with Crippen LogP contribution in [0.5, 0.6) is 0 Å². The maximum Gasteiger partial charge on any atom is 0.0686 e. The summed E-state index contributed by atoms with van der Waals surface area (Å²) in [6.45, 7) is 5.61. The molecule has 1 unspecified atom stereocenters. The van der Waals surface area contributed by atoms with Crippen molar-refractivity contribution in [3.63, 3.8) is 0 Å². The van der Waals surface area contributed by atoms with Crippen molar-refractivity contribution in [2.45, 2.75) is 245 Å². The Morgan fingerprint density at radius 2 is 0.705 bits per heavy atom. The van der Waals surface area contributed by atoms with E-state index in [0.29, 0.717) is 6.04 Å². The van der Waals surface area contributed by atoms with E-state index in [2.05, 4.69) is 37.2 Å². The number of unbranched alkanes of at least 4 members (excludes halogenated alkanes) is 31. The van der Waals surface area contributed by atoms with Crippen molar-refractivity contribution >= 4 is 0 Å². The summed E-state index contributed by atoms with van der Waals surface area (Å²) in [7, 11) is 0. The first-order valence-corrected chi connectivity index (χ1v) is 20.7. The molecular weight excluding hydrogens is 530 g/mol. The number of hydrogen-bond donors (Lipinski definition) is 1. The van der Waals surface area contributed by atoms with Crippen molar-refractivity contribution in [2.24, 2.45) is 0 Å². The molecule has 0 aliphatic carbocycles. The molecule has 0 amide bonds. The molecule has 0 aliphatic heterocycles. The van der Waals surface area contributed by atoms with Crippen molar-refractivity contribution in [1.82, 2.24) is 5.32 Å². The number of allylic oxidation sites excluding steroid dienone is 2. The van der Waals surface area contributed by atoms with Crippen molar-refractivity contribution in [3.05, 3.63) is 12.2 Å². The molecule has 260 valence electrons. The van der Waals surface area contributed by atoms with Crippen LogP contribution in [0.25, 0.3) is 0 Å². The zero-order chi connectivity index (χ0) is 31.9. The molecule has 1 heteroatoms. The van der Waals surface area contributed by atoms with Crippen LogP contribution in [0.2, 0.25) is 0 Å². The minimum absolute atomic E-state index is 0.294. The van der Waals surface area contributed by atoms with Gasteiger partial charge in [-0.3, -0.25) is 0 Å². The van der Waals surface area contributed by atoms with E-state index in [1.54, 1.807) is 0 Å². The molecule has 44 heavy (non-hydrogen) atoms. The number of terminal acetylenes is 1. The second kappa shape index (κ2) is 40.3. The van der Waals surface area contributed by atoms with Crippen molar-refractivity contribution in [3.8, 4) is 12.3 Å². The lowest BCUT2D eigenvalue weighted by Gasteiger charge is -2.12. The fourth-order valence-corrected chi connectivity index (χ4v) is 6.48. The Morgan fingerprint density at radius 1 is 0.409 bits per heavy atom. The lowest BCUT2D eigenvalue weighted by atomic mass is 10.0. The van der Waals surface area contributed by atoms with Gasteiger partial charge in [0.2, 0.25) is 0 Å². The van der Waals surface area contributed by atoms with Crippen molar-refractivity contribution < 1.29 is 0 Å². The molecule has 0 radical (unpaired) electrons. The summed E-state index contributed by atoms with van der Waals surface area (Å²) >= 11 is 0. The molecule has 0 saturated carbocycles. The summed E-state index contributed by atoms with van der Waals surface area (Å²) in [5.41, 5.74) is 0. The molecule has 0 aliphatic rings. The van der Waals surface area contributed by atoms with E-state index in [1.807, 2.05) is 0 Å². The van der Waals surface area contributed by atoms with E-state index >= 15 is 0 Å². The minimum Gasteiger partial charge on any atom is -0.304 e. The van der Waals surface area contributed by atoms with Gasteiger partial charge in [0.25, 0.3) is 0 Å². The largest absolute Gasteiger partial charge is 0.304 e. The van der Waals surface area contributed by atoms with Crippen LogP contribution in [0.1, 0.15) is 239 Å². The van der Waals surface area contributed by atoms with Crippen LogP contribution >= 0.6 is 0 Å². The summed E-state index contributed by atoms with van der Waals surface area (Å²) in [6.07, 6.45) is 60.0. The number of nitrogens with one attached hydrogen (secondary N) is 1. The Labute approximate surface area is 280 Å². The standard InChI is InChI=1S/C43H83N/c1-4-7-9-10-11-12-13-14-15-16-17-18-19-20-21-22-23-24-25-26-27-28-29-30-31-32-33-34-35-36-37-38-39-40-41-43(6-3)44-42-8-5-2/h3,21-22,43-44H,4-5,7-20,23-42H2,1-2H3/b22-21+. The smallest absolute Gasteiger partial charge is 0.0686 e. The molecule has 0 heterocycles. The van der Waals surface area contributed by atoms with Crippen LogP contribution in [0.15, 0.2) is 12.2 Å². The molecule has 0 bridgehead atoms. The molecule has 0 aromatic rings. The maximum absolute atomic E-state index is 5.66. The van der Waals surface area contributed by atoms with Crippen LogP contribution in [-0.4, -0.2) is 12.6 Å². The van der Waals surface area contributed by atoms with Gasteiger partial charge in [0.1, 0.15) is 0 Å². The van der Waals surface area contributed by atoms with Crippen LogP contribution in [0.4, 0.5) is 0 Å². The lowest BCUT2D eigenvalue weighted by molar-refractivity contribution is 0.501. The lowest BCUT2D eigenvalue weighted by Crippen LogP contribution is -2.28. The van der Waals surface area contributed by atoms with Crippen molar-refractivity contribution in [1.29, 1.82) is 0 Å². The first-order valence-electron chi connectivity index (χ1n) is 20.7. The quantitative estimate of drug-likeness (QED) is 0.0415. The maximum atomic E-state index is 5.66. The van der Waals surface area contributed by atoms with Crippen LogP contribution < -0.4 is 5.32 Å². The van der Waals surface area contributed by atoms with Gasteiger partial charge in [-0.05, 0) is 45.1 Å². The first-order chi connectivity index (χ1) is 21.8. The first kappa shape index (κ1) is 43.3. The highest BCUT2D eigenvalue weighted by Gasteiger charge is 2.03. The van der Waals surface area contributed by atoms with Crippen LogP contribution in [0.3, 0.4) is 0 Å². The SMILES string of the molecule is C#CC(CCCCCCCCCCCCCCCCCCC/C=C/CCCCCCCCCCCCCCC)NCCCC. The van der Waals surface area contributed by atoms with Gasteiger partial charge < -0.3 is 5.32 Å². The zero-order valence-corrected chi connectivity index (χ0v) is 30.8. The normalized spacial score (nSPS) is 12.3. The highest BCUT2D eigenvalue weighted by atomic mass is 14.9. The molecular formula is C43H83N. The summed E-state index contributed by atoms with van der Waals surface area (Å²) in [5, 5.41) is 3.51. The van der Waals surface area contributed by atoms with Gasteiger partial charge in [0, 0.05) is 0 Å². The Morgan fingerprint density at radius 3 is 1.02 bits per heavy atom. The van der Waals surface area contributed by atoms with Gasteiger partial charge >= 0.3 is 0 Å². The summed E-state index contributed by atoms with van der Waals surface area (Å²) in [6, 6.07) is 0.294. The Hall–Kier alpha value is -0.740. The molecule has 0 spiro atoms. The zero-order valence-electron chi connectivity index (χ0n) is 30.8. The van der Waals surface area contributed by atoms with Crippen LogP contribution in [0, 0.1) is 12.3 Å². The average Bonchev–Trinajstić information content (AvgIpc) is 3.04. The average molecular weight is 614 g/mol. The second-order valence-electron chi connectivity index (χ2n) is 14.1. The van der Waals surface area contributed by atoms with E-state index < -0.39 is 0 Å². The third-order valence-corrected chi connectivity index (χ3v) is 9.63. The molecule has 0 rings (SSSR count). The highest BCUT2D eigenvalue weighted by Crippen LogP contribution is 2.16. The van der Waals surface area contributed by atoms with Gasteiger partial charge in [-0.1, -0.05) is 218 Å². The number of hydrogen-bond acceptors (Lipinski definition) is 1.